The fourth-order valence-electron chi connectivity index (χ4n) is 2.73. The Morgan fingerprint density at radius 3 is 2.22 bits per heavy atom. The summed E-state index contributed by atoms with van der Waals surface area (Å²) in [5, 5.41) is 0. The van der Waals surface area contributed by atoms with Gasteiger partial charge in [0.1, 0.15) is 0 Å². The summed E-state index contributed by atoms with van der Waals surface area (Å²) in [5.41, 5.74) is 2.14. The largest absolute Gasteiger partial charge is 0.295 e. The van der Waals surface area contributed by atoms with Crippen LogP contribution in [0.15, 0.2) is 18.2 Å². The average molecular weight is 339 g/mol. The Kier molecular flexibility index (Phi) is 8.53. The average Bonchev–Trinajstić information content (AvgIpc) is 2.47. The quantitative estimate of drug-likeness (QED) is 0.427. The topological polar surface area (TPSA) is 51.2 Å². The lowest BCUT2D eigenvalue weighted by molar-refractivity contribution is 0.101. The zero-order chi connectivity index (χ0) is 17.3. The molecule has 1 rings (SSSR count). The van der Waals surface area contributed by atoms with Gasteiger partial charge in [-0.2, -0.15) is 0 Å². The summed E-state index contributed by atoms with van der Waals surface area (Å²) in [6.07, 6.45) is 7.72. The highest BCUT2D eigenvalue weighted by Gasteiger charge is 2.16. The number of ketones is 1. The Balaban J connectivity index is 2.51. The first-order valence-electron chi connectivity index (χ1n) is 8.66. The first kappa shape index (κ1) is 19.9. The van der Waals surface area contributed by atoms with E-state index in [0.717, 1.165) is 24.8 Å². The van der Waals surface area contributed by atoms with Crippen LogP contribution in [0.2, 0.25) is 0 Å². The molecule has 0 heterocycles. The van der Waals surface area contributed by atoms with E-state index < -0.39 is 9.84 Å². The molecule has 1 aromatic carbocycles. The molecular formula is C19H30O3S. The van der Waals surface area contributed by atoms with Gasteiger partial charge in [0.15, 0.2) is 15.6 Å². The number of hydrogen-bond acceptors (Lipinski definition) is 3. The number of aryl methyl sites for hydroxylation is 1. The predicted molar refractivity (Wildman–Crippen MR) is 96.7 cm³/mol. The van der Waals surface area contributed by atoms with Crippen molar-refractivity contribution in [1.82, 2.24) is 0 Å². The molecule has 0 fully saturated rings. The Hall–Kier alpha value is -1.16. The van der Waals surface area contributed by atoms with Crippen molar-refractivity contribution in [2.24, 2.45) is 0 Å². The molecule has 0 aliphatic rings. The molecule has 0 N–H and O–H groups in total. The van der Waals surface area contributed by atoms with Gasteiger partial charge in [-0.1, -0.05) is 63.1 Å². The molecule has 23 heavy (non-hydrogen) atoms. The Morgan fingerprint density at radius 1 is 1.00 bits per heavy atom. The minimum absolute atomic E-state index is 0.0297. The van der Waals surface area contributed by atoms with Crippen molar-refractivity contribution >= 4 is 15.6 Å². The van der Waals surface area contributed by atoms with Crippen LogP contribution in [0.3, 0.4) is 0 Å². The van der Waals surface area contributed by atoms with Gasteiger partial charge < -0.3 is 0 Å². The SMILES string of the molecule is CCCCCCCCCS(=O)(=O)Cc1ccc(C)cc1C(C)=O. The molecule has 0 saturated carbocycles. The van der Waals surface area contributed by atoms with Crippen LogP contribution in [0.5, 0.6) is 0 Å². The number of unbranched alkanes of at least 4 members (excludes halogenated alkanes) is 6. The molecule has 1 aromatic rings. The van der Waals surface area contributed by atoms with Crippen molar-refractivity contribution in [3.8, 4) is 0 Å². The molecule has 0 amide bonds. The summed E-state index contributed by atoms with van der Waals surface area (Å²) in [7, 11) is -3.15. The number of benzene rings is 1. The van der Waals surface area contributed by atoms with Crippen LogP contribution in [0, 0.1) is 6.92 Å². The maximum Gasteiger partial charge on any atom is 0.160 e. The standard InChI is InChI=1S/C19H30O3S/c1-4-5-6-7-8-9-10-13-23(21,22)15-18-12-11-16(2)14-19(18)17(3)20/h11-12,14H,4-10,13,15H2,1-3H3. The van der Waals surface area contributed by atoms with Crippen LogP contribution in [0.1, 0.15) is 80.3 Å². The summed E-state index contributed by atoms with van der Waals surface area (Å²) in [4.78, 5) is 11.7. The van der Waals surface area contributed by atoms with Gasteiger partial charge in [0.05, 0.1) is 11.5 Å². The van der Waals surface area contributed by atoms with E-state index in [1.54, 1.807) is 12.1 Å². The lowest BCUT2D eigenvalue weighted by Gasteiger charge is -2.09. The molecule has 0 radical (unpaired) electrons. The van der Waals surface area contributed by atoms with Crippen molar-refractivity contribution in [2.45, 2.75) is 71.5 Å². The summed E-state index contributed by atoms with van der Waals surface area (Å²) in [6, 6.07) is 5.42. The molecular weight excluding hydrogens is 308 g/mol. The van der Waals surface area contributed by atoms with Gasteiger partial charge in [-0.05, 0) is 31.9 Å². The van der Waals surface area contributed by atoms with Gasteiger partial charge in [-0.25, -0.2) is 8.42 Å². The van der Waals surface area contributed by atoms with Crippen LogP contribution in [0.25, 0.3) is 0 Å². The lowest BCUT2D eigenvalue weighted by atomic mass is 10.0. The van der Waals surface area contributed by atoms with E-state index in [0.29, 0.717) is 11.1 Å². The highest BCUT2D eigenvalue weighted by molar-refractivity contribution is 7.90. The van der Waals surface area contributed by atoms with E-state index in [2.05, 4.69) is 6.92 Å². The number of Topliss-reactive ketones (excluding diaryl/α,β-unsaturated/α-hetero) is 1. The second kappa shape index (κ2) is 9.86. The summed E-state index contributed by atoms with van der Waals surface area (Å²) in [5.74, 6) is 0.110. The second-order valence-corrected chi connectivity index (χ2v) is 8.61. The molecule has 0 aliphatic carbocycles. The van der Waals surface area contributed by atoms with Gasteiger partial charge in [-0.15, -0.1) is 0 Å². The second-order valence-electron chi connectivity index (χ2n) is 6.43. The number of hydrogen-bond donors (Lipinski definition) is 0. The van der Waals surface area contributed by atoms with Gasteiger partial charge in [-0.3, -0.25) is 4.79 Å². The van der Waals surface area contributed by atoms with Gasteiger partial charge in [0, 0.05) is 5.56 Å². The van der Waals surface area contributed by atoms with E-state index in [1.807, 2.05) is 13.0 Å². The van der Waals surface area contributed by atoms with Crippen molar-refractivity contribution < 1.29 is 13.2 Å². The number of sulfone groups is 1. The van der Waals surface area contributed by atoms with Crippen molar-refractivity contribution in [3.05, 3.63) is 34.9 Å². The van der Waals surface area contributed by atoms with Crippen LogP contribution >= 0.6 is 0 Å². The first-order chi connectivity index (χ1) is 10.9. The van der Waals surface area contributed by atoms with Crippen LogP contribution in [0.4, 0.5) is 0 Å². The fraction of sp³-hybridized carbons (Fsp3) is 0.632. The molecule has 0 aliphatic heterocycles. The lowest BCUT2D eigenvalue weighted by Crippen LogP contribution is -2.12. The zero-order valence-electron chi connectivity index (χ0n) is 14.7. The van der Waals surface area contributed by atoms with Crippen molar-refractivity contribution in [3.63, 3.8) is 0 Å². The number of rotatable bonds is 11. The number of carbonyl (C=O) groups is 1. The van der Waals surface area contributed by atoms with Crippen LogP contribution in [-0.4, -0.2) is 20.0 Å². The Bertz CT molecular complexity index is 603. The molecule has 4 heteroatoms. The van der Waals surface area contributed by atoms with E-state index in [9.17, 15) is 13.2 Å². The normalized spacial score (nSPS) is 11.6. The summed E-state index contributed by atoms with van der Waals surface area (Å²) < 4.78 is 24.6. The summed E-state index contributed by atoms with van der Waals surface area (Å²) in [6.45, 7) is 5.58. The van der Waals surface area contributed by atoms with Crippen molar-refractivity contribution in [1.29, 1.82) is 0 Å². The molecule has 0 atom stereocenters. The molecule has 0 aromatic heterocycles. The van der Waals surface area contributed by atoms with Crippen LogP contribution < -0.4 is 0 Å². The maximum absolute atomic E-state index is 12.3. The minimum Gasteiger partial charge on any atom is -0.295 e. The monoisotopic (exact) mass is 338 g/mol. The van der Waals surface area contributed by atoms with Crippen LogP contribution in [-0.2, 0) is 15.6 Å². The van der Waals surface area contributed by atoms with E-state index >= 15 is 0 Å². The van der Waals surface area contributed by atoms with E-state index in [1.165, 1.54) is 32.6 Å². The Labute approximate surface area is 141 Å². The first-order valence-corrected chi connectivity index (χ1v) is 10.5. The van der Waals surface area contributed by atoms with Gasteiger partial charge >= 0.3 is 0 Å². The zero-order valence-corrected chi connectivity index (χ0v) is 15.5. The third-order valence-electron chi connectivity index (χ3n) is 4.08. The fourth-order valence-corrected chi connectivity index (χ4v) is 4.25. The number of carbonyl (C=O) groups excluding carboxylic acids is 1. The molecule has 3 nitrogen and oxygen atoms in total. The third-order valence-corrected chi connectivity index (χ3v) is 5.74. The summed E-state index contributed by atoms with van der Waals surface area (Å²) >= 11 is 0. The molecule has 0 saturated heterocycles. The predicted octanol–water partition coefficient (Wildman–Crippen LogP) is 4.86. The highest BCUT2D eigenvalue weighted by atomic mass is 32.2. The van der Waals surface area contributed by atoms with E-state index in [-0.39, 0.29) is 17.3 Å². The molecule has 0 unspecified atom stereocenters. The minimum atomic E-state index is -3.15. The maximum atomic E-state index is 12.3. The van der Waals surface area contributed by atoms with Gasteiger partial charge in [0.25, 0.3) is 0 Å². The molecule has 0 bridgehead atoms. The highest BCUT2D eigenvalue weighted by Crippen LogP contribution is 2.17. The van der Waals surface area contributed by atoms with Gasteiger partial charge in [0.2, 0.25) is 0 Å². The molecule has 130 valence electrons. The van der Waals surface area contributed by atoms with E-state index in [4.69, 9.17) is 0 Å². The van der Waals surface area contributed by atoms with Crippen molar-refractivity contribution in [2.75, 3.05) is 5.75 Å². The molecule has 0 spiro atoms. The Morgan fingerprint density at radius 2 is 1.61 bits per heavy atom. The smallest absolute Gasteiger partial charge is 0.160 e. The third kappa shape index (κ3) is 7.78.